The lowest BCUT2D eigenvalue weighted by molar-refractivity contribution is 0.293. The number of piperidine rings is 1. The van der Waals surface area contributed by atoms with Crippen molar-refractivity contribution in [1.29, 1.82) is 0 Å². The Hall–Kier alpha value is -2.93. The first-order valence-corrected chi connectivity index (χ1v) is 10.3. The van der Waals surface area contributed by atoms with E-state index in [1.165, 1.54) is 12.8 Å². The van der Waals surface area contributed by atoms with Crippen LogP contribution < -0.4 is 10.6 Å². The van der Waals surface area contributed by atoms with Crippen LogP contribution in [0.2, 0.25) is 0 Å². The van der Waals surface area contributed by atoms with Gasteiger partial charge in [0, 0.05) is 24.5 Å². The van der Waals surface area contributed by atoms with Gasteiger partial charge in [0.25, 0.3) is 0 Å². The van der Waals surface area contributed by atoms with E-state index in [9.17, 15) is 0 Å². The average molecular weight is 410 g/mol. The summed E-state index contributed by atoms with van der Waals surface area (Å²) in [7, 11) is 3.31. The molecule has 0 saturated carbocycles. The van der Waals surface area contributed by atoms with Gasteiger partial charge in [0.05, 0.1) is 36.9 Å². The highest BCUT2D eigenvalue weighted by Gasteiger charge is 2.15. The molecule has 7 nitrogen and oxygen atoms in total. The zero-order valence-electron chi connectivity index (χ0n) is 18.2. The summed E-state index contributed by atoms with van der Waals surface area (Å²) in [6.07, 6.45) is 11.7. The van der Waals surface area contributed by atoms with Crippen LogP contribution in [-0.2, 0) is 9.47 Å². The highest BCUT2D eigenvalue weighted by Crippen LogP contribution is 2.25. The molecule has 0 radical (unpaired) electrons. The van der Waals surface area contributed by atoms with Gasteiger partial charge in [0.15, 0.2) is 5.82 Å². The number of pyridine rings is 1. The standard InChI is InChI=1S/C23H31N5O2/c1-16(29-3)7-8-19(12-17(2)30-4)20-13-21-22(26-11-10-25-21)23(28-20)27-15-18-6-5-9-24-14-18/h7-8,10-13,18,24H,5-6,9,14-15H2,1-4H3,(H,27,28)/b16-7+,17-12+,19-8+. The Morgan fingerprint density at radius 3 is 2.70 bits per heavy atom. The highest BCUT2D eigenvalue weighted by atomic mass is 16.5. The number of methoxy groups -OCH3 is 2. The Morgan fingerprint density at radius 1 is 1.17 bits per heavy atom. The topological polar surface area (TPSA) is 81.2 Å². The predicted molar refractivity (Wildman–Crippen MR) is 121 cm³/mol. The molecule has 1 aliphatic heterocycles. The molecule has 1 atom stereocenters. The first-order chi connectivity index (χ1) is 14.6. The number of hydrogen-bond acceptors (Lipinski definition) is 7. The fourth-order valence-electron chi connectivity index (χ4n) is 3.34. The lowest BCUT2D eigenvalue weighted by atomic mass is 10.00. The van der Waals surface area contributed by atoms with E-state index < -0.39 is 0 Å². The summed E-state index contributed by atoms with van der Waals surface area (Å²) < 4.78 is 10.6. The van der Waals surface area contributed by atoms with E-state index in [4.69, 9.17) is 14.5 Å². The molecule has 0 spiro atoms. The third-order valence-corrected chi connectivity index (χ3v) is 5.21. The van der Waals surface area contributed by atoms with Crippen molar-refractivity contribution in [3.63, 3.8) is 0 Å². The van der Waals surface area contributed by atoms with Crippen LogP contribution in [0.15, 0.2) is 48.2 Å². The molecule has 0 aliphatic carbocycles. The second kappa shape index (κ2) is 10.7. The second-order valence-corrected chi connectivity index (χ2v) is 7.44. The summed E-state index contributed by atoms with van der Waals surface area (Å²) in [5, 5.41) is 6.98. The zero-order valence-corrected chi connectivity index (χ0v) is 18.2. The van der Waals surface area contributed by atoms with E-state index in [0.717, 1.165) is 59.3 Å². The van der Waals surface area contributed by atoms with Gasteiger partial charge in [0.2, 0.25) is 0 Å². The molecule has 1 saturated heterocycles. The number of hydrogen-bond donors (Lipinski definition) is 2. The van der Waals surface area contributed by atoms with Gasteiger partial charge in [-0.25, -0.2) is 9.97 Å². The van der Waals surface area contributed by atoms with Crippen LogP contribution in [0.25, 0.3) is 16.6 Å². The number of anilines is 1. The van der Waals surface area contributed by atoms with Gasteiger partial charge in [0.1, 0.15) is 5.52 Å². The van der Waals surface area contributed by atoms with Crippen molar-refractivity contribution < 1.29 is 9.47 Å². The van der Waals surface area contributed by atoms with E-state index in [1.54, 1.807) is 26.6 Å². The van der Waals surface area contributed by atoms with E-state index >= 15 is 0 Å². The monoisotopic (exact) mass is 409 g/mol. The number of ether oxygens (including phenoxy) is 2. The Balaban J connectivity index is 2.00. The number of fused-ring (bicyclic) bond motifs is 1. The summed E-state index contributed by atoms with van der Waals surface area (Å²) in [5.74, 6) is 2.92. The molecule has 2 aromatic rings. The molecule has 2 N–H and O–H groups in total. The Kier molecular flexibility index (Phi) is 7.79. The van der Waals surface area contributed by atoms with Crippen LogP contribution in [0.4, 0.5) is 5.82 Å². The fourth-order valence-corrected chi connectivity index (χ4v) is 3.34. The number of rotatable bonds is 8. The highest BCUT2D eigenvalue weighted by molar-refractivity contribution is 5.89. The van der Waals surface area contributed by atoms with Crippen molar-refractivity contribution in [2.24, 2.45) is 5.92 Å². The predicted octanol–water partition coefficient (Wildman–Crippen LogP) is 3.92. The molecule has 0 amide bonds. The Bertz CT molecular complexity index is 946. The molecular weight excluding hydrogens is 378 g/mol. The first-order valence-electron chi connectivity index (χ1n) is 10.3. The molecule has 1 unspecified atom stereocenters. The second-order valence-electron chi connectivity index (χ2n) is 7.44. The minimum atomic E-state index is 0.578. The van der Waals surface area contributed by atoms with Crippen molar-refractivity contribution in [3.8, 4) is 0 Å². The van der Waals surface area contributed by atoms with E-state index in [-0.39, 0.29) is 0 Å². The smallest absolute Gasteiger partial charge is 0.154 e. The molecule has 7 heteroatoms. The summed E-state index contributed by atoms with van der Waals surface area (Å²) in [6.45, 7) is 6.80. The number of nitrogens with zero attached hydrogens (tertiary/aromatic N) is 3. The number of allylic oxidation sites excluding steroid dienone is 6. The van der Waals surface area contributed by atoms with Gasteiger partial charge in [-0.3, -0.25) is 4.98 Å². The zero-order chi connectivity index (χ0) is 21.3. The summed E-state index contributed by atoms with van der Waals surface area (Å²) >= 11 is 0. The molecule has 3 rings (SSSR count). The maximum atomic E-state index is 5.37. The lowest BCUT2D eigenvalue weighted by Crippen LogP contribution is -2.33. The molecule has 3 heterocycles. The van der Waals surface area contributed by atoms with Gasteiger partial charge in [-0.15, -0.1) is 0 Å². The summed E-state index contributed by atoms with van der Waals surface area (Å²) in [6, 6.07) is 1.96. The van der Waals surface area contributed by atoms with Gasteiger partial charge in [-0.05, 0) is 70.0 Å². The van der Waals surface area contributed by atoms with Crippen LogP contribution in [0, 0.1) is 5.92 Å². The van der Waals surface area contributed by atoms with Crippen molar-refractivity contribution >= 4 is 22.4 Å². The molecule has 1 aliphatic rings. The SMILES string of the molecule is CO/C(C)=C/C=C(\C=C(/C)OC)c1cc2nccnc2c(NCC2CCCNC2)n1. The maximum Gasteiger partial charge on any atom is 0.154 e. The largest absolute Gasteiger partial charge is 0.501 e. The molecular formula is C23H31N5O2. The molecule has 1 fully saturated rings. The molecule has 0 aromatic carbocycles. The van der Waals surface area contributed by atoms with Crippen molar-refractivity contribution in [2.45, 2.75) is 26.7 Å². The van der Waals surface area contributed by atoms with E-state index in [1.807, 2.05) is 38.1 Å². The molecule has 2 aromatic heterocycles. The number of aromatic nitrogens is 3. The fraction of sp³-hybridized carbons (Fsp3) is 0.435. The van der Waals surface area contributed by atoms with Gasteiger partial charge < -0.3 is 20.1 Å². The van der Waals surface area contributed by atoms with Gasteiger partial charge in [-0.1, -0.05) is 0 Å². The quantitative estimate of drug-likeness (QED) is 0.505. The van der Waals surface area contributed by atoms with Gasteiger partial charge in [-0.2, -0.15) is 0 Å². The summed E-state index contributed by atoms with van der Waals surface area (Å²) in [4.78, 5) is 13.9. The third-order valence-electron chi connectivity index (χ3n) is 5.21. The molecule has 160 valence electrons. The normalized spacial score (nSPS) is 18.4. The van der Waals surface area contributed by atoms with Crippen LogP contribution >= 0.6 is 0 Å². The van der Waals surface area contributed by atoms with E-state index in [0.29, 0.717) is 5.92 Å². The first kappa shape index (κ1) is 21.8. The van der Waals surface area contributed by atoms with Crippen LogP contribution in [0.1, 0.15) is 32.4 Å². The van der Waals surface area contributed by atoms with Crippen LogP contribution in [-0.4, -0.2) is 48.8 Å². The maximum absolute atomic E-state index is 5.37. The Morgan fingerprint density at radius 2 is 1.97 bits per heavy atom. The third kappa shape index (κ3) is 5.79. The van der Waals surface area contributed by atoms with E-state index in [2.05, 4.69) is 20.6 Å². The summed E-state index contributed by atoms with van der Waals surface area (Å²) in [5.41, 5.74) is 3.28. The minimum absolute atomic E-state index is 0.578. The average Bonchev–Trinajstić information content (AvgIpc) is 2.80. The Labute approximate surface area is 178 Å². The van der Waals surface area contributed by atoms with Crippen LogP contribution in [0.3, 0.4) is 0 Å². The van der Waals surface area contributed by atoms with Crippen LogP contribution in [0.5, 0.6) is 0 Å². The molecule has 0 bridgehead atoms. The molecule has 30 heavy (non-hydrogen) atoms. The van der Waals surface area contributed by atoms with Crippen molar-refractivity contribution in [1.82, 2.24) is 20.3 Å². The van der Waals surface area contributed by atoms with Gasteiger partial charge >= 0.3 is 0 Å². The minimum Gasteiger partial charge on any atom is -0.501 e. The van der Waals surface area contributed by atoms with Crippen molar-refractivity contribution in [2.75, 3.05) is 39.2 Å². The number of nitrogens with one attached hydrogen (secondary N) is 2. The van der Waals surface area contributed by atoms with Crippen molar-refractivity contribution in [3.05, 3.63) is 53.9 Å². The lowest BCUT2D eigenvalue weighted by Gasteiger charge is -2.23.